The number of hydrogen-bond acceptors (Lipinski definition) is 4. The van der Waals surface area contributed by atoms with Crippen LogP contribution < -0.4 is 0 Å². The minimum atomic E-state index is 0.193. The highest BCUT2D eigenvalue weighted by Crippen LogP contribution is 2.24. The fourth-order valence-electron chi connectivity index (χ4n) is 4.27. The quantitative estimate of drug-likeness (QED) is 0.515. The van der Waals surface area contributed by atoms with E-state index in [-0.39, 0.29) is 5.91 Å². The SMILES string of the molecule is O=C(CCc1nc2ccccc2n1-c1ccccc1)N1CCC(n2cncn2)CC1. The van der Waals surface area contributed by atoms with Gasteiger partial charge in [-0.1, -0.05) is 30.3 Å². The molecule has 30 heavy (non-hydrogen) atoms. The zero-order valence-electron chi connectivity index (χ0n) is 16.8. The minimum absolute atomic E-state index is 0.193. The summed E-state index contributed by atoms with van der Waals surface area (Å²) < 4.78 is 4.07. The average molecular weight is 400 g/mol. The van der Waals surface area contributed by atoms with Crippen molar-refractivity contribution in [2.45, 2.75) is 31.7 Å². The molecule has 4 aromatic rings. The first-order chi connectivity index (χ1) is 14.8. The Morgan fingerprint density at radius 1 is 1.00 bits per heavy atom. The van der Waals surface area contributed by atoms with Gasteiger partial charge in [-0.05, 0) is 37.1 Å². The topological polar surface area (TPSA) is 68.8 Å². The van der Waals surface area contributed by atoms with E-state index in [1.807, 2.05) is 46.0 Å². The minimum Gasteiger partial charge on any atom is -0.343 e. The van der Waals surface area contributed by atoms with Gasteiger partial charge in [0, 0.05) is 31.6 Å². The maximum Gasteiger partial charge on any atom is 0.223 e. The van der Waals surface area contributed by atoms with Crippen molar-refractivity contribution in [3.05, 3.63) is 73.1 Å². The van der Waals surface area contributed by atoms with E-state index in [1.54, 1.807) is 12.7 Å². The van der Waals surface area contributed by atoms with Crippen LogP contribution in [-0.4, -0.2) is 48.2 Å². The molecule has 0 N–H and O–H groups in total. The Hall–Kier alpha value is -3.48. The highest BCUT2D eigenvalue weighted by molar-refractivity contribution is 5.79. The third kappa shape index (κ3) is 3.58. The second-order valence-corrected chi connectivity index (χ2v) is 7.68. The van der Waals surface area contributed by atoms with Crippen LogP contribution in [0.4, 0.5) is 0 Å². The van der Waals surface area contributed by atoms with E-state index in [1.165, 1.54) is 0 Å². The number of amides is 1. The van der Waals surface area contributed by atoms with Crippen LogP contribution in [-0.2, 0) is 11.2 Å². The molecule has 0 unspecified atom stereocenters. The molecule has 7 nitrogen and oxygen atoms in total. The van der Waals surface area contributed by atoms with Crippen molar-refractivity contribution >= 4 is 16.9 Å². The fourth-order valence-corrected chi connectivity index (χ4v) is 4.27. The van der Waals surface area contributed by atoms with Crippen LogP contribution in [0.2, 0.25) is 0 Å². The lowest BCUT2D eigenvalue weighted by molar-refractivity contribution is -0.132. The molecule has 1 fully saturated rings. The van der Waals surface area contributed by atoms with Crippen molar-refractivity contribution in [3.63, 3.8) is 0 Å². The summed E-state index contributed by atoms with van der Waals surface area (Å²) in [5, 5.41) is 4.24. The van der Waals surface area contributed by atoms with Gasteiger partial charge < -0.3 is 4.90 Å². The van der Waals surface area contributed by atoms with Gasteiger partial charge in [0.15, 0.2) is 0 Å². The first-order valence-corrected chi connectivity index (χ1v) is 10.4. The van der Waals surface area contributed by atoms with Crippen molar-refractivity contribution in [1.82, 2.24) is 29.2 Å². The number of carbonyl (C=O) groups is 1. The van der Waals surface area contributed by atoms with Crippen LogP contribution in [0.1, 0.15) is 31.1 Å². The van der Waals surface area contributed by atoms with Gasteiger partial charge in [-0.25, -0.2) is 14.6 Å². The number of para-hydroxylation sites is 3. The number of rotatable bonds is 5. The van der Waals surface area contributed by atoms with Gasteiger partial charge in [0.1, 0.15) is 18.5 Å². The number of hydrogen-bond donors (Lipinski definition) is 0. The molecule has 7 heteroatoms. The molecule has 1 saturated heterocycles. The lowest BCUT2D eigenvalue weighted by atomic mass is 10.0. The van der Waals surface area contributed by atoms with E-state index >= 15 is 0 Å². The molecule has 0 aliphatic carbocycles. The number of aromatic nitrogens is 5. The van der Waals surface area contributed by atoms with E-state index in [9.17, 15) is 4.79 Å². The van der Waals surface area contributed by atoms with Crippen LogP contribution in [0.5, 0.6) is 0 Å². The largest absolute Gasteiger partial charge is 0.343 e. The Morgan fingerprint density at radius 3 is 2.53 bits per heavy atom. The molecule has 0 spiro atoms. The summed E-state index contributed by atoms with van der Waals surface area (Å²) in [6.45, 7) is 1.52. The first kappa shape index (κ1) is 18.5. The lowest BCUT2D eigenvalue weighted by Crippen LogP contribution is -2.39. The molecule has 3 heterocycles. The van der Waals surface area contributed by atoms with Crippen molar-refractivity contribution < 1.29 is 4.79 Å². The van der Waals surface area contributed by atoms with Crippen molar-refractivity contribution in [3.8, 4) is 5.69 Å². The van der Waals surface area contributed by atoms with Gasteiger partial charge in [-0.3, -0.25) is 9.36 Å². The predicted molar refractivity (Wildman–Crippen MR) is 114 cm³/mol. The molecule has 0 radical (unpaired) electrons. The maximum absolute atomic E-state index is 12.9. The number of carbonyl (C=O) groups excluding carboxylic acids is 1. The third-order valence-electron chi connectivity index (χ3n) is 5.84. The predicted octanol–water partition coefficient (Wildman–Crippen LogP) is 3.41. The molecule has 1 aliphatic rings. The molecule has 1 aliphatic heterocycles. The summed E-state index contributed by atoms with van der Waals surface area (Å²) in [4.78, 5) is 23.7. The van der Waals surface area contributed by atoms with E-state index in [0.29, 0.717) is 18.9 Å². The van der Waals surface area contributed by atoms with Gasteiger partial charge in [0.25, 0.3) is 0 Å². The summed E-state index contributed by atoms with van der Waals surface area (Å²) in [5.41, 5.74) is 3.10. The molecule has 0 saturated carbocycles. The molecule has 2 aromatic heterocycles. The maximum atomic E-state index is 12.9. The van der Waals surface area contributed by atoms with Gasteiger partial charge >= 0.3 is 0 Å². The normalized spacial score (nSPS) is 15.0. The molecule has 1 amide bonds. The Bertz CT molecular complexity index is 1130. The second-order valence-electron chi connectivity index (χ2n) is 7.68. The van der Waals surface area contributed by atoms with Gasteiger partial charge in [-0.15, -0.1) is 0 Å². The summed E-state index contributed by atoms with van der Waals surface area (Å²) in [7, 11) is 0. The molecule has 152 valence electrons. The van der Waals surface area contributed by atoms with Gasteiger partial charge in [0.05, 0.1) is 17.1 Å². The zero-order valence-corrected chi connectivity index (χ0v) is 16.8. The number of imidazole rings is 1. The zero-order chi connectivity index (χ0) is 20.3. The first-order valence-electron chi connectivity index (χ1n) is 10.4. The van der Waals surface area contributed by atoms with Crippen LogP contribution in [0.15, 0.2) is 67.3 Å². The van der Waals surface area contributed by atoms with Crippen LogP contribution >= 0.6 is 0 Å². The Balaban J connectivity index is 1.29. The van der Waals surface area contributed by atoms with Crippen LogP contribution in [0, 0.1) is 0 Å². The number of likely N-dealkylation sites (tertiary alicyclic amines) is 1. The molecular weight excluding hydrogens is 376 g/mol. The smallest absolute Gasteiger partial charge is 0.223 e. The number of aryl methyl sites for hydroxylation is 1. The van der Waals surface area contributed by atoms with Gasteiger partial charge in [-0.2, -0.15) is 5.10 Å². The Labute approximate surface area is 175 Å². The summed E-state index contributed by atoms with van der Waals surface area (Å²) in [6, 6.07) is 18.7. The molecule has 0 bridgehead atoms. The van der Waals surface area contributed by atoms with Crippen molar-refractivity contribution in [2.24, 2.45) is 0 Å². The average Bonchev–Trinajstić information content (AvgIpc) is 3.46. The number of fused-ring (bicyclic) bond motifs is 1. The highest BCUT2D eigenvalue weighted by atomic mass is 16.2. The van der Waals surface area contributed by atoms with E-state index < -0.39 is 0 Å². The number of benzene rings is 2. The molecular formula is C23H24N6O. The second kappa shape index (κ2) is 8.10. The summed E-state index contributed by atoms with van der Waals surface area (Å²) in [6.07, 6.45) is 6.23. The summed E-state index contributed by atoms with van der Waals surface area (Å²) >= 11 is 0. The van der Waals surface area contributed by atoms with Crippen molar-refractivity contribution in [1.29, 1.82) is 0 Å². The fraction of sp³-hybridized carbons (Fsp3) is 0.304. The monoisotopic (exact) mass is 400 g/mol. The highest BCUT2D eigenvalue weighted by Gasteiger charge is 2.24. The Morgan fingerprint density at radius 2 is 1.77 bits per heavy atom. The van der Waals surface area contributed by atoms with E-state index in [2.05, 4.69) is 32.8 Å². The number of piperidine rings is 1. The van der Waals surface area contributed by atoms with Crippen LogP contribution in [0.25, 0.3) is 16.7 Å². The van der Waals surface area contributed by atoms with Crippen LogP contribution in [0.3, 0.4) is 0 Å². The standard InChI is InChI=1S/C23H24N6O/c30-23(27-14-12-18(13-15-27)28-17-24-16-25-28)11-10-22-26-20-8-4-5-9-21(20)29(22)19-6-2-1-3-7-19/h1-9,16-18H,10-15H2. The Kier molecular flexibility index (Phi) is 5.01. The molecule has 0 atom stereocenters. The summed E-state index contributed by atoms with van der Waals surface area (Å²) in [5.74, 6) is 1.12. The van der Waals surface area contributed by atoms with E-state index in [4.69, 9.17) is 4.98 Å². The number of nitrogens with zero attached hydrogens (tertiary/aromatic N) is 6. The third-order valence-corrected chi connectivity index (χ3v) is 5.84. The van der Waals surface area contributed by atoms with Crippen molar-refractivity contribution in [2.75, 3.05) is 13.1 Å². The van der Waals surface area contributed by atoms with E-state index in [0.717, 1.165) is 48.5 Å². The molecule has 2 aromatic carbocycles. The molecule has 5 rings (SSSR count). The van der Waals surface area contributed by atoms with Gasteiger partial charge in [0.2, 0.25) is 5.91 Å². The lowest BCUT2D eigenvalue weighted by Gasteiger charge is -2.32.